The molecule has 2 N–H and O–H groups in total. The normalized spacial score (nSPS) is 26.5. The minimum absolute atomic E-state index is 0.109. The zero-order valence-corrected chi connectivity index (χ0v) is 20.7. The lowest BCUT2D eigenvalue weighted by atomic mass is 9.58. The van der Waals surface area contributed by atoms with Gasteiger partial charge in [0.1, 0.15) is 18.1 Å². The van der Waals surface area contributed by atoms with Crippen molar-refractivity contribution in [1.82, 2.24) is 4.90 Å². The van der Waals surface area contributed by atoms with Gasteiger partial charge in [-0.25, -0.2) is 0 Å². The number of carbonyl (C=O) groups excluding carboxylic acids is 2. The summed E-state index contributed by atoms with van der Waals surface area (Å²) in [5.74, 6) is -0.0249. The zero-order valence-electron chi connectivity index (χ0n) is 20.7. The van der Waals surface area contributed by atoms with Crippen LogP contribution in [0.25, 0.3) is 11.6 Å². The van der Waals surface area contributed by atoms with Crippen molar-refractivity contribution in [3.05, 3.63) is 70.7 Å². The molecule has 0 unspecified atom stereocenters. The number of nitrogens with zero attached hydrogens (tertiary/aromatic N) is 1. The Morgan fingerprint density at radius 2 is 1.92 bits per heavy atom. The monoisotopic (exact) mass is 489 g/mol. The minimum Gasteiger partial charge on any atom is -0.459 e. The standard InChI is InChI=1S/C28H32BNO6/c1-3-17-14-22-26(28(33)30(2)27(22)32)23-15-29(34)36-24(25(17)23)12-9-19(18-7-5-4-6-8-18)13-20-10-11-21(16-31)35-20/h4-8,10-11,13,22-24,26,31,34H,3,9,12,14-16H2,1-2H3/b19-13-/t22-,23+,24-,26-/m1/s1. The van der Waals surface area contributed by atoms with Crippen LogP contribution >= 0.6 is 0 Å². The Bertz CT molecular complexity index is 1200. The van der Waals surface area contributed by atoms with E-state index in [0.29, 0.717) is 37.1 Å². The van der Waals surface area contributed by atoms with Gasteiger partial charge >= 0.3 is 7.12 Å². The van der Waals surface area contributed by atoms with Gasteiger partial charge in [-0.1, -0.05) is 42.8 Å². The van der Waals surface area contributed by atoms with E-state index >= 15 is 0 Å². The molecule has 2 saturated heterocycles. The van der Waals surface area contributed by atoms with Gasteiger partial charge in [-0.05, 0) is 72.8 Å². The summed E-state index contributed by atoms with van der Waals surface area (Å²) >= 11 is 0. The maximum atomic E-state index is 13.0. The number of amides is 2. The molecule has 0 radical (unpaired) electrons. The summed E-state index contributed by atoms with van der Waals surface area (Å²) in [5.41, 5.74) is 4.39. The lowest BCUT2D eigenvalue weighted by molar-refractivity contribution is -0.138. The van der Waals surface area contributed by atoms with Crippen LogP contribution in [0.15, 0.2) is 58.0 Å². The van der Waals surface area contributed by atoms with Gasteiger partial charge in [-0.3, -0.25) is 14.5 Å². The molecule has 5 rings (SSSR count). The van der Waals surface area contributed by atoms with Crippen LogP contribution in [0.5, 0.6) is 0 Å². The van der Waals surface area contributed by atoms with Crippen molar-refractivity contribution < 1.29 is 28.8 Å². The lowest BCUT2D eigenvalue weighted by Gasteiger charge is -2.43. The Labute approximate surface area is 211 Å². The molecule has 3 heterocycles. The van der Waals surface area contributed by atoms with Gasteiger partial charge in [0.15, 0.2) is 0 Å². The smallest absolute Gasteiger partial charge is 0.455 e. The lowest BCUT2D eigenvalue weighted by Crippen LogP contribution is -2.46. The van der Waals surface area contributed by atoms with Crippen LogP contribution in [0, 0.1) is 17.8 Å². The highest BCUT2D eigenvalue weighted by Gasteiger charge is 2.56. The Balaban J connectivity index is 1.45. The number of hydrogen-bond acceptors (Lipinski definition) is 6. The van der Waals surface area contributed by atoms with Crippen LogP contribution in [-0.4, -0.2) is 47.1 Å². The fourth-order valence-corrected chi connectivity index (χ4v) is 6.23. The summed E-state index contributed by atoms with van der Waals surface area (Å²) in [4.78, 5) is 27.1. The topological polar surface area (TPSA) is 100 Å². The van der Waals surface area contributed by atoms with Gasteiger partial charge < -0.3 is 19.2 Å². The summed E-state index contributed by atoms with van der Waals surface area (Å²) in [6.45, 7) is 1.92. The maximum absolute atomic E-state index is 13.0. The van der Waals surface area contributed by atoms with Crippen molar-refractivity contribution in [2.75, 3.05) is 7.05 Å². The number of aliphatic hydroxyl groups excluding tert-OH is 1. The summed E-state index contributed by atoms with van der Waals surface area (Å²) in [6.07, 6.45) is 4.62. The third kappa shape index (κ3) is 4.49. The van der Waals surface area contributed by atoms with Crippen LogP contribution in [0.2, 0.25) is 6.32 Å². The second-order valence-corrected chi connectivity index (χ2v) is 9.94. The van der Waals surface area contributed by atoms with E-state index in [2.05, 4.69) is 6.92 Å². The number of carbonyl (C=O) groups is 2. The largest absolute Gasteiger partial charge is 0.459 e. The average Bonchev–Trinajstić information content (AvgIpc) is 3.44. The predicted molar refractivity (Wildman–Crippen MR) is 136 cm³/mol. The number of benzene rings is 1. The fourth-order valence-electron chi connectivity index (χ4n) is 6.23. The molecule has 0 bridgehead atoms. The summed E-state index contributed by atoms with van der Waals surface area (Å²) < 4.78 is 11.8. The molecule has 1 aromatic heterocycles. The predicted octanol–water partition coefficient (Wildman–Crippen LogP) is 3.93. The summed E-state index contributed by atoms with van der Waals surface area (Å²) in [6, 6.07) is 13.6. The van der Waals surface area contributed by atoms with E-state index in [4.69, 9.17) is 9.07 Å². The van der Waals surface area contributed by atoms with Gasteiger partial charge in [0.25, 0.3) is 0 Å². The van der Waals surface area contributed by atoms with Crippen LogP contribution in [0.4, 0.5) is 0 Å². The van der Waals surface area contributed by atoms with E-state index in [9.17, 15) is 19.7 Å². The molecule has 2 aromatic rings. The van der Waals surface area contributed by atoms with Gasteiger partial charge in [-0.2, -0.15) is 0 Å². The Morgan fingerprint density at radius 3 is 2.61 bits per heavy atom. The van der Waals surface area contributed by atoms with Crippen LogP contribution < -0.4 is 0 Å². The number of imide groups is 1. The molecular formula is C28H32BNO6. The number of hydrogen-bond donors (Lipinski definition) is 2. The number of aliphatic hydroxyl groups is 1. The van der Waals surface area contributed by atoms with Crippen molar-refractivity contribution in [2.24, 2.45) is 17.8 Å². The molecule has 2 fully saturated rings. The molecule has 3 aliphatic rings. The molecule has 2 amide bonds. The first-order valence-corrected chi connectivity index (χ1v) is 12.7. The highest BCUT2D eigenvalue weighted by atomic mass is 16.5. The molecule has 188 valence electrons. The number of rotatable bonds is 7. The van der Waals surface area contributed by atoms with E-state index < -0.39 is 13.0 Å². The molecule has 7 nitrogen and oxygen atoms in total. The molecule has 1 aliphatic carbocycles. The number of allylic oxidation sites excluding steroid dienone is 2. The van der Waals surface area contributed by atoms with Gasteiger partial charge in [0, 0.05) is 7.05 Å². The quantitative estimate of drug-likeness (QED) is 0.347. The average molecular weight is 489 g/mol. The number of fused-ring (bicyclic) bond motifs is 3. The zero-order chi connectivity index (χ0) is 25.4. The molecule has 8 heteroatoms. The first-order chi connectivity index (χ1) is 17.4. The van der Waals surface area contributed by atoms with E-state index in [1.54, 1.807) is 13.1 Å². The van der Waals surface area contributed by atoms with E-state index in [0.717, 1.165) is 23.1 Å². The van der Waals surface area contributed by atoms with Crippen LogP contribution in [0.1, 0.15) is 49.7 Å². The molecule has 4 atom stereocenters. The first-order valence-electron chi connectivity index (χ1n) is 12.7. The van der Waals surface area contributed by atoms with Crippen molar-refractivity contribution >= 4 is 30.6 Å². The molecule has 2 aliphatic heterocycles. The molecule has 1 aromatic carbocycles. The van der Waals surface area contributed by atoms with Crippen LogP contribution in [0.3, 0.4) is 0 Å². The maximum Gasteiger partial charge on any atom is 0.455 e. The highest BCUT2D eigenvalue weighted by molar-refractivity contribution is 6.43. The van der Waals surface area contributed by atoms with Gasteiger partial charge in [0.05, 0.1) is 17.9 Å². The Kier molecular flexibility index (Phi) is 7.01. The SMILES string of the molecule is CCC1=C2[C@@H](CC/C(=C/c3ccc(CO)o3)c3ccccc3)OB(O)C[C@@H]2[C@@H]2C(=O)N(C)C(=O)[C@@H]2C1. The number of furan rings is 1. The third-order valence-corrected chi connectivity index (χ3v) is 7.93. The van der Waals surface area contributed by atoms with Crippen molar-refractivity contribution in [2.45, 2.75) is 51.6 Å². The fraction of sp³-hybridized carbons (Fsp3) is 0.429. The second kappa shape index (κ2) is 10.2. The Morgan fingerprint density at radius 1 is 1.14 bits per heavy atom. The first kappa shape index (κ1) is 24.7. The summed E-state index contributed by atoms with van der Waals surface area (Å²) in [5, 5.41) is 20.0. The van der Waals surface area contributed by atoms with Gasteiger partial charge in [0.2, 0.25) is 11.8 Å². The Hall–Kier alpha value is -2.94. The summed E-state index contributed by atoms with van der Waals surface area (Å²) in [7, 11) is 0.589. The van der Waals surface area contributed by atoms with E-state index in [-0.39, 0.29) is 36.4 Å². The molecule has 0 spiro atoms. The highest BCUT2D eigenvalue weighted by Crippen LogP contribution is 2.51. The minimum atomic E-state index is -0.976. The molecule has 0 saturated carbocycles. The third-order valence-electron chi connectivity index (χ3n) is 7.93. The van der Waals surface area contributed by atoms with E-state index in [1.165, 1.54) is 10.5 Å². The van der Waals surface area contributed by atoms with Crippen molar-refractivity contribution in [1.29, 1.82) is 0 Å². The van der Waals surface area contributed by atoms with Gasteiger partial charge in [-0.15, -0.1) is 0 Å². The molecule has 36 heavy (non-hydrogen) atoms. The van der Waals surface area contributed by atoms with Crippen molar-refractivity contribution in [3.8, 4) is 0 Å². The van der Waals surface area contributed by atoms with Crippen LogP contribution in [-0.2, 0) is 20.9 Å². The second-order valence-electron chi connectivity index (χ2n) is 9.94. The van der Waals surface area contributed by atoms with E-state index in [1.807, 2.05) is 42.5 Å². The number of likely N-dealkylation sites (tertiary alicyclic amines) is 1. The molecular weight excluding hydrogens is 457 g/mol. The van der Waals surface area contributed by atoms with Crippen molar-refractivity contribution in [3.63, 3.8) is 0 Å².